The number of ketones is 2. The molecule has 4 N–H and O–H groups in total. The van der Waals surface area contributed by atoms with Crippen molar-refractivity contribution < 1.29 is 86.6 Å². The molecule has 0 bridgehead atoms. The third kappa shape index (κ3) is 3.97. The number of fused-ring (bicyclic) bond motifs is 2. The van der Waals surface area contributed by atoms with Crippen molar-refractivity contribution in [3.05, 3.63) is 54.6 Å². The number of nitro benzene ring substituents is 2. The Bertz CT molecular complexity index is 1420. The van der Waals surface area contributed by atoms with E-state index in [0.717, 1.165) is 0 Å². The van der Waals surface area contributed by atoms with Crippen LogP contribution >= 0.6 is 0 Å². The van der Waals surface area contributed by atoms with Crippen molar-refractivity contribution in [3.8, 4) is 11.5 Å². The number of carbonyl (C=O) groups excluding carboxylic acids is 2. The Morgan fingerprint density at radius 1 is 0.697 bits per heavy atom. The molecule has 19 heteroatoms. The predicted octanol–water partition coefficient (Wildman–Crippen LogP) is -2.70. The summed E-state index contributed by atoms with van der Waals surface area (Å²) >= 11 is 0. The second-order valence-corrected chi connectivity index (χ2v) is 8.89. The summed E-state index contributed by atoms with van der Waals surface area (Å²) in [4.78, 5) is 42.7. The molecule has 0 atom stereocenters. The average molecular weight is 514 g/mol. The summed E-state index contributed by atoms with van der Waals surface area (Å²) in [6.07, 6.45) is 0. The molecule has 1 aliphatic carbocycles. The van der Waals surface area contributed by atoms with Crippen LogP contribution in [0.3, 0.4) is 0 Å². The van der Waals surface area contributed by atoms with Crippen molar-refractivity contribution in [2.75, 3.05) is 0 Å². The molecule has 0 aliphatic heterocycles. The number of phenolic OH excluding ortho intramolecular Hbond substituents is 2. The van der Waals surface area contributed by atoms with Gasteiger partial charge in [0, 0.05) is 12.1 Å². The first-order valence-electron chi connectivity index (χ1n) is 7.63. The van der Waals surface area contributed by atoms with Gasteiger partial charge in [-0.1, -0.05) is 0 Å². The summed E-state index contributed by atoms with van der Waals surface area (Å²) in [5, 5.41) is 43.1. The molecule has 0 fully saturated rings. The molecule has 33 heavy (non-hydrogen) atoms. The largest absolute Gasteiger partial charge is 1.00 e. The van der Waals surface area contributed by atoms with Gasteiger partial charge in [-0.25, -0.2) is 0 Å². The van der Waals surface area contributed by atoms with E-state index < -0.39 is 96.6 Å². The van der Waals surface area contributed by atoms with Gasteiger partial charge in [-0.2, -0.15) is 16.8 Å². The summed E-state index contributed by atoms with van der Waals surface area (Å²) < 4.78 is 64.3. The van der Waals surface area contributed by atoms with E-state index in [0.29, 0.717) is 0 Å². The van der Waals surface area contributed by atoms with Crippen LogP contribution < -0.4 is 29.6 Å². The number of hydrogen-bond acceptors (Lipinski definition) is 12. The van der Waals surface area contributed by atoms with Crippen molar-refractivity contribution in [3.63, 3.8) is 0 Å². The zero-order chi connectivity index (χ0) is 24.5. The van der Waals surface area contributed by atoms with E-state index in [-0.39, 0.29) is 43.1 Å². The average Bonchev–Trinajstić information content (AvgIpc) is 2.62. The van der Waals surface area contributed by atoms with Crippen molar-refractivity contribution in [1.29, 1.82) is 0 Å². The van der Waals surface area contributed by atoms with Crippen LogP contribution in [0.15, 0.2) is 21.9 Å². The molecule has 1 aliphatic rings. The van der Waals surface area contributed by atoms with Crippen LogP contribution in [0, 0.1) is 20.2 Å². The number of phenols is 2. The fraction of sp³-hybridized carbons (Fsp3) is 0. The van der Waals surface area contributed by atoms with Gasteiger partial charge in [0.1, 0.15) is 32.4 Å². The number of hydrogen-bond donors (Lipinski definition) is 4. The zero-order valence-corrected chi connectivity index (χ0v) is 19.4. The quantitative estimate of drug-likeness (QED) is 0.119. The third-order valence-corrected chi connectivity index (χ3v) is 6.08. The Labute approximate surface area is 205 Å². The van der Waals surface area contributed by atoms with Crippen LogP contribution in [0.2, 0.25) is 0 Å². The van der Waals surface area contributed by atoms with Crippen LogP contribution in [-0.2, 0) is 20.2 Å². The number of carbonyl (C=O) groups is 2. The minimum Gasteiger partial charge on any atom is -1.00 e. The maximum atomic E-state index is 12.9. The van der Waals surface area contributed by atoms with Crippen LogP contribution in [0.5, 0.6) is 11.5 Å². The van der Waals surface area contributed by atoms with Crippen molar-refractivity contribution in [2.45, 2.75) is 9.79 Å². The SMILES string of the molecule is O=C1c2c([N+](=O)[O-])cc(S(=O)(=O)O)c(O)c2C(=O)c2c(O)c(S(=O)(=O)O)cc([N+](=O)[O-])c21.[H-].[Na+]. The Balaban J connectivity index is 0.00000289. The van der Waals surface area contributed by atoms with E-state index in [9.17, 15) is 66.0 Å². The summed E-state index contributed by atoms with van der Waals surface area (Å²) in [7, 11) is -10.9. The standard InChI is InChI=1S/C14H6N2O14S2.Na.H/c17-11-5(31(25,26)27)1-3(15(21)22)7-9(11)14(20)10-8(13(7)19)4(16(23)24)2-6(12(10)18)32(28,29)30;;/h1-2,17-18H,(H,25,26,27)(H,28,29,30);;/q;+1;-1. The first-order chi connectivity index (χ1) is 14.5. The van der Waals surface area contributed by atoms with Gasteiger partial charge in [-0.3, -0.25) is 38.9 Å². The van der Waals surface area contributed by atoms with Crippen LogP contribution in [-0.4, -0.2) is 57.6 Å². The Morgan fingerprint density at radius 2 is 0.970 bits per heavy atom. The molecular weight excluding hydrogens is 507 g/mol. The fourth-order valence-electron chi connectivity index (χ4n) is 3.10. The molecule has 2 aromatic rings. The second kappa shape index (κ2) is 8.09. The van der Waals surface area contributed by atoms with Gasteiger partial charge in [0.15, 0.2) is 0 Å². The van der Waals surface area contributed by atoms with Crippen LogP contribution in [0.1, 0.15) is 33.3 Å². The summed E-state index contributed by atoms with van der Waals surface area (Å²) in [5.74, 6) is -6.94. The maximum Gasteiger partial charge on any atom is 1.00 e. The molecule has 0 amide bonds. The third-order valence-electron chi connectivity index (χ3n) is 4.35. The van der Waals surface area contributed by atoms with Crippen LogP contribution in [0.4, 0.5) is 11.4 Å². The molecule has 0 saturated carbocycles. The first kappa shape index (κ1) is 26.3. The van der Waals surface area contributed by atoms with E-state index in [1.807, 2.05) is 0 Å². The van der Waals surface area contributed by atoms with Gasteiger partial charge >= 0.3 is 29.6 Å². The van der Waals surface area contributed by atoms with Gasteiger partial charge in [0.05, 0.1) is 21.0 Å². The topological polar surface area (TPSA) is 270 Å². The normalized spacial score (nSPS) is 13.0. The van der Waals surface area contributed by atoms with E-state index in [4.69, 9.17) is 0 Å². The minimum atomic E-state index is -5.43. The number of aromatic hydroxyl groups is 2. The predicted molar refractivity (Wildman–Crippen MR) is 97.1 cm³/mol. The Kier molecular flexibility index (Phi) is 6.44. The molecule has 0 spiro atoms. The first-order valence-corrected chi connectivity index (χ1v) is 10.5. The van der Waals surface area contributed by atoms with Crippen molar-refractivity contribution in [1.82, 2.24) is 0 Å². The van der Waals surface area contributed by atoms with E-state index in [2.05, 4.69) is 0 Å². The molecule has 0 radical (unpaired) electrons. The Morgan fingerprint density at radius 3 is 1.21 bits per heavy atom. The molecule has 0 aromatic heterocycles. The fourth-order valence-corrected chi connectivity index (χ4v) is 4.32. The Hall–Kier alpha value is -3.00. The van der Waals surface area contributed by atoms with E-state index in [1.54, 1.807) is 0 Å². The van der Waals surface area contributed by atoms with Gasteiger partial charge < -0.3 is 11.6 Å². The molecule has 3 rings (SSSR count). The number of rotatable bonds is 4. The van der Waals surface area contributed by atoms with Gasteiger partial charge in [-0.05, 0) is 0 Å². The monoisotopic (exact) mass is 514 g/mol. The molecule has 2 aromatic carbocycles. The van der Waals surface area contributed by atoms with E-state index >= 15 is 0 Å². The van der Waals surface area contributed by atoms with Gasteiger partial charge in [0.25, 0.3) is 31.6 Å². The second-order valence-electron chi connectivity index (χ2n) is 6.11. The molecule has 0 saturated heterocycles. The number of nitro groups is 2. The molecule has 170 valence electrons. The molecule has 0 heterocycles. The maximum absolute atomic E-state index is 12.9. The smallest absolute Gasteiger partial charge is 1.00 e. The number of nitrogens with zero attached hydrogens (tertiary/aromatic N) is 2. The van der Waals surface area contributed by atoms with Gasteiger partial charge in [0.2, 0.25) is 11.6 Å². The molecule has 16 nitrogen and oxygen atoms in total. The van der Waals surface area contributed by atoms with Crippen molar-refractivity contribution in [2.24, 2.45) is 0 Å². The van der Waals surface area contributed by atoms with Gasteiger partial charge in [-0.15, -0.1) is 0 Å². The zero-order valence-electron chi connectivity index (χ0n) is 16.7. The minimum absolute atomic E-state index is 0. The van der Waals surface area contributed by atoms with E-state index in [1.165, 1.54) is 0 Å². The molecule has 0 unspecified atom stereocenters. The van der Waals surface area contributed by atoms with Crippen molar-refractivity contribution >= 4 is 43.2 Å². The summed E-state index contributed by atoms with van der Waals surface area (Å²) in [5.41, 5.74) is -8.47. The number of benzene rings is 2. The summed E-state index contributed by atoms with van der Waals surface area (Å²) in [6, 6.07) is 0.0514. The summed E-state index contributed by atoms with van der Waals surface area (Å²) in [6.45, 7) is 0. The van der Waals surface area contributed by atoms with Crippen LogP contribution in [0.25, 0.3) is 0 Å². The molecular formula is C14H7N2NaO14S2.